The first-order valence-corrected chi connectivity index (χ1v) is 7.25. The van der Waals surface area contributed by atoms with Crippen molar-refractivity contribution in [2.24, 2.45) is 0 Å². The maximum absolute atomic E-state index is 12.0. The van der Waals surface area contributed by atoms with Crippen LogP contribution in [0.5, 0.6) is 0 Å². The number of nitrogens with one attached hydrogen (secondary N) is 1. The van der Waals surface area contributed by atoms with Crippen LogP contribution in [0.2, 0.25) is 0 Å². The molecule has 0 aliphatic rings. The van der Waals surface area contributed by atoms with Crippen molar-refractivity contribution in [1.29, 1.82) is 0 Å². The number of aliphatic hydroxyl groups excluding tert-OH is 1. The minimum absolute atomic E-state index is 0.0518. The van der Waals surface area contributed by atoms with Gasteiger partial charge in [-0.3, -0.25) is 4.79 Å². The number of rotatable bonds is 8. The van der Waals surface area contributed by atoms with Gasteiger partial charge in [-0.15, -0.1) is 0 Å². The van der Waals surface area contributed by atoms with Crippen molar-refractivity contribution in [3.05, 3.63) is 35.4 Å². The van der Waals surface area contributed by atoms with Crippen LogP contribution in [0.25, 0.3) is 0 Å². The van der Waals surface area contributed by atoms with Gasteiger partial charge in [0.05, 0.1) is 6.61 Å². The van der Waals surface area contributed by atoms with Crippen molar-refractivity contribution >= 4 is 5.91 Å². The van der Waals surface area contributed by atoms with Crippen LogP contribution in [-0.2, 0) is 4.74 Å². The number of carbonyl (C=O) groups excluding carboxylic acids is 1. The summed E-state index contributed by atoms with van der Waals surface area (Å²) in [5.74, 6) is 5.70. The summed E-state index contributed by atoms with van der Waals surface area (Å²) in [5, 5.41) is 11.6. The molecule has 1 rings (SSSR count). The van der Waals surface area contributed by atoms with E-state index in [1.165, 1.54) is 0 Å². The van der Waals surface area contributed by atoms with Crippen LogP contribution in [0.3, 0.4) is 0 Å². The lowest BCUT2D eigenvalue weighted by molar-refractivity contribution is 0.0952. The van der Waals surface area contributed by atoms with E-state index in [-0.39, 0.29) is 12.5 Å². The van der Waals surface area contributed by atoms with E-state index in [1.807, 2.05) is 12.1 Å². The van der Waals surface area contributed by atoms with Gasteiger partial charge in [0, 0.05) is 37.8 Å². The number of carbonyl (C=O) groups is 1. The molecule has 0 heterocycles. The van der Waals surface area contributed by atoms with E-state index >= 15 is 0 Å². The van der Waals surface area contributed by atoms with Gasteiger partial charge in [0.2, 0.25) is 0 Å². The summed E-state index contributed by atoms with van der Waals surface area (Å²) in [6.07, 6.45) is 3.45. The smallest absolute Gasteiger partial charge is 0.251 e. The summed E-state index contributed by atoms with van der Waals surface area (Å²) < 4.78 is 4.98. The minimum Gasteiger partial charge on any atom is -0.395 e. The Bertz CT molecular complexity index is 488. The Morgan fingerprint density at radius 1 is 1.33 bits per heavy atom. The number of benzene rings is 1. The predicted molar refractivity (Wildman–Crippen MR) is 83.1 cm³/mol. The van der Waals surface area contributed by atoms with Crippen LogP contribution in [0.4, 0.5) is 0 Å². The van der Waals surface area contributed by atoms with Gasteiger partial charge in [0.25, 0.3) is 5.91 Å². The second-order valence-corrected chi connectivity index (χ2v) is 4.67. The highest BCUT2D eigenvalue weighted by Gasteiger charge is 2.04. The van der Waals surface area contributed by atoms with Gasteiger partial charge in [-0.25, -0.2) is 0 Å². The first-order valence-electron chi connectivity index (χ1n) is 7.25. The van der Waals surface area contributed by atoms with Crippen LogP contribution in [0, 0.1) is 11.8 Å². The van der Waals surface area contributed by atoms with Crippen molar-refractivity contribution in [3.63, 3.8) is 0 Å². The first-order chi connectivity index (χ1) is 10.3. The summed E-state index contributed by atoms with van der Waals surface area (Å²) in [7, 11) is 1.69. The van der Waals surface area contributed by atoms with E-state index in [0.29, 0.717) is 18.5 Å². The summed E-state index contributed by atoms with van der Waals surface area (Å²) in [6, 6.07) is 7.21. The molecule has 21 heavy (non-hydrogen) atoms. The highest BCUT2D eigenvalue weighted by molar-refractivity contribution is 5.94. The van der Waals surface area contributed by atoms with Gasteiger partial charge < -0.3 is 15.2 Å². The van der Waals surface area contributed by atoms with Crippen LogP contribution in [-0.4, -0.2) is 37.9 Å². The highest BCUT2D eigenvalue weighted by Crippen LogP contribution is 2.04. The summed E-state index contributed by atoms with van der Waals surface area (Å²) >= 11 is 0. The Labute approximate surface area is 126 Å². The van der Waals surface area contributed by atoms with E-state index in [2.05, 4.69) is 17.2 Å². The number of hydrogen-bond donors (Lipinski definition) is 2. The zero-order chi connectivity index (χ0) is 15.3. The Kier molecular flexibility index (Phi) is 8.94. The van der Waals surface area contributed by atoms with Gasteiger partial charge in [0.15, 0.2) is 0 Å². The molecule has 4 heteroatoms. The lowest BCUT2D eigenvalue weighted by Gasteiger charge is -2.05. The standard InChI is InChI=1S/C17H23NO3/c1-21-13-6-2-4-11-18-17(20)16-10-7-9-15(14-16)8-3-5-12-19/h7,9-10,14,19H,2,4-6,11-13H2,1H3,(H,18,20). The van der Waals surface area contributed by atoms with Gasteiger partial charge in [-0.05, 0) is 37.5 Å². The molecule has 0 bridgehead atoms. The molecule has 0 fully saturated rings. The Morgan fingerprint density at radius 3 is 2.95 bits per heavy atom. The minimum atomic E-state index is -0.0763. The first kappa shape index (κ1) is 17.2. The molecule has 0 aliphatic heterocycles. The fourth-order valence-corrected chi connectivity index (χ4v) is 1.81. The molecule has 1 amide bonds. The average molecular weight is 289 g/mol. The molecule has 0 saturated carbocycles. The van der Waals surface area contributed by atoms with E-state index in [9.17, 15) is 4.79 Å². The fourth-order valence-electron chi connectivity index (χ4n) is 1.81. The second-order valence-electron chi connectivity index (χ2n) is 4.67. The van der Waals surface area contributed by atoms with E-state index < -0.39 is 0 Å². The van der Waals surface area contributed by atoms with Crippen molar-refractivity contribution in [2.45, 2.75) is 25.7 Å². The molecule has 2 N–H and O–H groups in total. The molecular formula is C17H23NO3. The molecule has 0 unspecified atom stereocenters. The van der Waals surface area contributed by atoms with Crippen molar-refractivity contribution < 1.29 is 14.6 Å². The largest absolute Gasteiger partial charge is 0.395 e. The zero-order valence-electron chi connectivity index (χ0n) is 12.5. The molecule has 4 nitrogen and oxygen atoms in total. The maximum atomic E-state index is 12.0. The third-order valence-corrected chi connectivity index (χ3v) is 2.91. The van der Waals surface area contributed by atoms with Crippen LogP contribution in [0.15, 0.2) is 24.3 Å². The topological polar surface area (TPSA) is 58.6 Å². The van der Waals surface area contributed by atoms with Crippen molar-refractivity contribution in [1.82, 2.24) is 5.32 Å². The zero-order valence-corrected chi connectivity index (χ0v) is 12.5. The molecular weight excluding hydrogens is 266 g/mol. The Morgan fingerprint density at radius 2 is 2.19 bits per heavy atom. The Hall–Kier alpha value is -1.83. The number of ether oxygens (including phenoxy) is 1. The van der Waals surface area contributed by atoms with Gasteiger partial charge in [-0.1, -0.05) is 17.9 Å². The van der Waals surface area contributed by atoms with E-state index in [0.717, 1.165) is 31.4 Å². The highest BCUT2D eigenvalue weighted by atomic mass is 16.5. The number of hydrogen-bond acceptors (Lipinski definition) is 3. The molecule has 0 atom stereocenters. The normalized spacial score (nSPS) is 9.81. The quantitative estimate of drug-likeness (QED) is 0.568. The monoisotopic (exact) mass is 289 g/mol. The van der Waals surface area contributed by atoms with Gasteiger partial charge in [0.1, 0.15) is 0 Å². The number of unbranched alkanes of at least 4 members (excludes halogenated alkanes) is 2. The Balaban J connectivity index is 2.40. The SMILES string of the molecule is COCCCCCNC(=O)c1cccc(C#CCCO)c1. The molecule has 1 aromatic carbocycles. The summed E-state index contributed by atoms with van der Waals surface area (Å²) in [4.78, 5) is 12.0. The lowest BCUT2D eigenvalue weighted by atomic mass is 10.1. The molecule has 0 aromatic heterocycles. The van der Waals surface area contributed by atoms with Crippen LogP contribution in [0.1, 0.15) is 41.6 Å². The molecule has 114 valence electrons. The summed E-state index contributed by atoms with van der Waals surface area (Å²) in [5.41, 5.74) is 1.40. The average Bonchev–Trinajstić information content (AvgIpc) is 2.51. The number of methoxy groups -OCH3 is 1. The van der Waals surface area contributed by atoms with E-state index in [4.69, 9.17) is 9.84 Å². The third kappa shape index (κ3) is 7.50. The second kappa shape index (κ2) is 10.9. The van der Waals surface area contributed by atoms with Crippen LogP contribution < -0.4 is 5.32 Å². The van der Waals surface area contributed by atoms with Crippen molar-refractivity contribution in [3.8, 4) is 11.8 Å². The molecule has 0 spiro atoms. The van der Waals surface area contributed by atoms with Crippen molar-refractivity contribution in [2.75, 3.05) is 26.9 Å². The van der Waals surface area contributed by atoms with E-state index in [1.54, 1.807) is 19.2 Å². The third-order valence-electron chi connectivity index (χ3n) is 2.91. The molecule has 0 radical (unpaired) electrons. The lowest BCUT2D eigenvalue weighted by Crippen LogP contribution is -2.24. The molecule has 0 saturated heterocycles. The fraction of sp³-hybridized carbons (Fsp3) is 0.471. The molecule has 0 aliphatic carbocycles. The number of amides is 1. The number of aliphatic hydroxyl groups is 1. The van der Waals surface area contributed by atoms with Crippen LogP contribution >= 0.6 is 0 Å². The molecule has 1 aromatic rings. The summed E-state index contributed by atoms with van der Waals surface area (Å²) in [6.45, 7) is 1.49. The predicted octanol–water partition coefficient (Wildman–Crippen LogP) is 1.97. The van der Waals surface area contributed by atoms with Gasteiger partial charge in [-0.2, -0.15) is 0 Å². The van der Waals surface area contributed by atoms with Gasteiger partial charge >= 0.3 is 0 Å². The maximum Gasteiger partial charge on any atom is 0.251 e.